The Bertz CT molecular complexity index is 543. The molecule has 0 aliphatic heterocycles. The summed E-state index contributed by atoms with van der Waals surface area (Å²) in [7, 11) is 0. The fourth-order valence-corrected chi connectivity index (χ4v) is 2.24. The normalized spacial score (nSPS) is 10.2. The second kappa shape index (κ2) is 8.57. The van der Waals surface area contributed by atoms with E-state index < -0.39 is 0 Å². The SMILES string of the molecule is CCCOc1ccc(OCCNc2ccccc2Br)cc1. The maximum atomic E-state index is 5.69. The van der Waals surface area contributed by atoms with E-state index in [2.05, 4.69) is 28.2 Å². The largest absolute Gasteiger partial charge is 0.494 e. The van der Waals surface area contributed by atoms with E-state index in [0.717, 1.165) is 41.2 Å². The first kappa shape index (κ1) is 15.7. The summed E-state index contributed by atoms with van der Waals surface area (Å²) in [4.78, 5) is 0. The van der Waals surface area contributed by atoms with Gasteiger partial charge in [0.25, 0.3) is 0 Å². The van der Waals surface area contributed by atoms with Crippen LogP contribution in [0.1, 0.15) is 13.3 Å². The Morgan fingerprint density at radius 2 is 1.52 bits per heavy atom. The third kappa shape index (κ3) is 5.31. The molecule has 0 bridgehead atoms. The highest BCUT2D eigenvalue weighted by molar-refractivity contribution is 9.10. The molecule has 0 unspecified atom stereocenters. The molecule has 3 nitrogen and oxygen atoms in total. The molecule has 0 heterocycles. The molecule has 0 aromatic heterocycles. The second-order valence-electron chi connectivity index (χ2n) is 4.57. The number of benzene rings is 2. The zero-order valence-corrected chi connectivity index (χ0v) is 13.7. The molecule has 0 fully saturated rings. The van der Waals surface area contributed by atoms with Gasteiger partial charge >= 0.3 is 0 Å². The zero-order chi connectivity index (χ0) is 14.9. The monoisotopic (exact) mass is 349 g/mol. The number of halogens is 1. The van der Waals surface area contributed by atoms with Gasteiger partial charge in [0.05, 0.1) is 6.61 Å². The third-order valence-electron chi connectivity index (χ3n) is 2.86. The van der Waals surface area contributed by atoms with Crippen molar-refractivity contribution in [3.8, 4) is 11.5 Å². The molecular weight excluding hydrogens is 330 g/mol. The van der Waals surface area contributed by atoms with Gasteiger partial charge in [0, 0.05) is 16.7 Å². The van der Waals surface area contributed by atoms with Crippen molar-refractivity contribution >= 4 is 21.6 Å². The lowest BCUT2D eigenvalue weighted by Crippen LogP contribution is -2.11. The Labute approximate surface area is 134 Å². The van der Waals surface area contributed by atoms with Gasteiger partial charge in [0.15, 0.2) is 0 Å². The molecule has 0 saturated heterocycles. The van der Waals surface area contributed by atoms with Gasteiger partial charge < -0.3 is 14.8 Å². The van der Waals surface area contributed by atoms with Crippen molar-refractivity contribution in [3.63, 3.8) is 0 Å². The number of para-hydroxylation sites is 1. The number of hydrogen-bond donors (Lipinski definition) is 1. The van der Waals surface area contributed by atoms with Crippen molar-refractivity contribution < 1.29 is 9.47 Å². The summed E-state index contributed by atoms with van der Waals surface area (Å²) in [5, 5.41) is 3.33. The minimum atomic E-state index is 0.608. The van der Waals surface area contributed by atoms with E-state index in [1.165, 1.54) is 0 Å². The quantitative estimate of drug-likeness (QED) is 0.699. The van der Waals surface area contributed by atoms with E-state index in [0.29, 0.717) is 6.61 Å². The highest BCUT2D eigenvalue weighted by Gasteiger charge is 1.98. The van der Waals surface area contributed by atoms with Crippen LogP contribution in [0.3, 0.4) is 0 Å². The summed E-state index contributed by atoms with van der Waals surface area (Å²) in [5.41, 5.74) is 1.07. The second-order valence-corrected chi connectivity index (χ2v) is 5.43. The molecule has 0 aliphatic rings. The van der Waals surface area contributed by atoms with Crippen LogP contribution < -0.4 is 14.8 Å². The molecule has 0 atom stereocenters. The minimum Gasteiger partial charge on any atom is -0.494 e. The third-order valence-corrected chi connectivity index (χ3v) is 3.55. The van der Waals surface area contributed by atoms with Crippen LogP contribution in [0.4, 0.5) is 5.69 Å². The average Bonchev–Trinajstić information content (AvgIpc) is 2.52. The van der Waals surface area contributed by atoms with E-state index in [1.807, 2.05) is 48.5 Å². The van der Waals surface area contributed by atoms with Gasteiger partial charge in [-0.1, -0.05) is 19.1 Å². The molecule has 4 heteroatoms. The van der Waals surface area contributed by atoms with Gasteiger partial charge in [-0.15, -0.1) is 0 Å². The standard InChI is InChI=1S/C17H20BrNO2/c1-2-12-20-14-7-9-15(10-8-14)21-13-11-19-17-6-4-3-5-16(17)18/h3-10,19H,2,11-13H2,1H3. The summed E-state index contributed by atoms with van der Waals surface area (Å²) in [6.07, 6.45) is 1.01. The predicted molar refractivity (Wildman–Crippen MR) is 90.4 cm³/mol. The summed E-state index contributed by atoms with van der Waals surface area (Å²) in [5.74, 6) is 1.74. The molecule has 0 spiro atoms. The van der Waals surface area contributed by atoms with E-state index >= 15 is 0 Å². The van der Waals surface area contributed by atoms with Crippen molar-refractivity contribution in [2.45, 2.75) is 13.3 Å². The van der Waals surface area contributed by atoms with Crippen molar-refractivity contribution in [2.75, 3.05) is 25.1 Å². The molecule has 21 heavy (non-hydrogen) atoms. The van der Waals surface area contributed by atoms with Gasteiger partial charge in [-0.05, 0) is 58.7 Å². The zero-order valence-electron chi connectivity index (χ0n) is 12.1. The van der Waals surface area contributed by atoms with Crippen molar-refractivity contribution in [2.24, 2.45) is 0 Å². The van der Waals surface area contributed by atoms with Crippen LogP contribution in [-0.2, 0) is 0 Å². The number of nitrogens with one attached hydrogen (secondary N) is 1. The molecule has 1 N–H and O–H groups in total. The van der Waals surface area contributed by atoms with E-state index in [9.17, 15) is 0 Å². The molecule has 0 radical (unpaired) electrons. The minimum absolute atomic E-state index is 0.608. The highest BCUT2D eigenvalue weighted by Crippen LogP contribution is 2.21. The van der Waals surface area contributed by atoms with Gasteiger partial charge in [-0.2, -0.15) is 0 Å². The molecular formula is C17H20BrNO2. The number of ether oxygens (including phenoxy) is 2. The van der Waals surface area contributed by atoms with Crippen molar-refractivity contribution in [1.29, 1.82) is 0 Å². The maximum Gasteiger partial charge on any atom is 0.119 e. The van der Waals surface area contributed by atoms with Crippen LogP contribution in [-0.4, -0.2) is 19.8 Å². The molecule has 0 amide bonds. The van der Waals surface area contributed by atoms with Gasteiger partial charge in [0.1, 0.15) is 18.1 Å². The summed E-state index contributed by atoms with van der Waals surface area (Å²) in [6.45, 7) is 4.19. The Hall–Kier alpha value is -1.68. The first-order valence-corrected chi connectivity index (χ1v) is 7.93. The first-order valence-electron chi connectivity index (χ1n) is 7.13. The Kier molecular flexibility index (Phi) is 6.41. The molecule has 0 saturated carbocycles. The Morgan fingerprint density at radius 3 is 2.14 bits per heavy atom. The first-order chi connectivity index (χ1) is 10.3. The number of anilines is 1. The van der Waals surface area contributed by atoms with Gasteiger partial charge in [-0.25, -0.2) is 0 Å². The Morgan fingerprint density at radius 1 is 0.905 bits per heavy atom. The van der Waals surface area contributed by atoms with Crippen LogP contribution >= 0.6 is 15.9 Å². The lowest BCUT2D eigenvalue weighted by Gasteiger charge is -2.10. The van der Waals surface area contributed by atoms with Crippen LogP contribution in [0.25, 0.3) is 0 Å². The van der Waals surface area contributed by atoms with Crippen molar-refractivity contribution in [3.05, 3.63) is 53.0 Å². The molecule has 112 valence electrons. The van der Waals surface area contributed by atoms with Crippen LogP contribution in [0, 0.1) is 0 Å². The molecule has 0 aliphatic carbocycles. The lowest BCUT2D eigenvalue weighted by molar-refractivity contribution is 0.313. The number of hydrogen-bond acceptors (Lipinski definition) is 3. The molecule has 2 aromatic carbocycles. The van der Waals surface area contributed by atoms with Gasteiger partial charge in [-0.3, -0.25) is 0 Å². The van der Waals surface area contributed by atoms with Crippen LogP contribution in [0.15, 0.2) is 53.0 Å². The van der Waals surface area contributed by atoms with Crippen LogP contribution in [0.2, 0.25) is 0 Å². The highest BCUT2D eigenvalue weighted by atomic mass is 79.9. The van der Waals surface area contributed by atoms with Crippen molar-refractivity contribution in [1.82, 2.24) is 0 Å². The fraction of sp³-hybridized carbons (Fsp3) is 0.294. The van der Waals surface area contributed by atoms with E-state index in [1.54, 1.807) is 0 Å². The van der Waals surface area contributed by atoms with Crippen LogP contribution in [0.5, 0.6) is 11.5 Å². The molecule has 2 aromatic rings. The fourth-order valence-electron chi connectivity index (χ4n) is 1.81. The van der Waals surface area contributed by atoms with Gasteiger partial charge in [0.2, 0.25) is 0 Å². The topological polar surface area (TPSA) is 30.5 Å². The maximum absolute atomic E-state index is 5.69. The molecule has 2 rings (SSSR count). The summed E-state index contributed by atoms with van der Waals surface area (Å²) < 4.78 is 12.3. The summed E-state index contributed by atoms with van der Waals surface area (Å²) in [6, 6.07) is 15.8. The van der Waals surface area contributed by atoms with E-state index in [-0.39, 0.29) is 0 Å². The smallest absolute Gasteiger partial charge is 0.119 e. The summed E-state index contributed by atoms with van der Waals surface area (Å²) >= 11 is 3.50. The van der Waals surface area contributed by atoms with E-state index in [4.69, 9.17) is 9.47 Å². The average molecular weight is 350 g/mol. The Balaban J connectivity index is 1.72. The number of rotatable bonds is 8. The predicted octanol–water partition coefficient (Wildman–Crippen LogP) is 4.73. The lowest BCUT2D eigenvalue weighted by atomic mass is 10.3.